The van der Waals surface area contributed by atoms with Crippen LogP contribution >= 0.6 is 11.3 Å². The zero-order valence-corrected chi connectivity index (χ0v) is 25.0. The number of aryl methyl sites for hydroxylation is 1. The third-order valence-electron chi connectivity index (χ3n) is 8.13. The normalized spacial score (nSPS) is 19.6. The second-order valence-corrected chi connectivity index (χ2v) is 12.5. The lowest BCUT2D eigenvalue weighted by atomic mass is 9.84. The fraction of sp³-hybridized carbons (Fsp3) is 0.419. The van der Waals surface area contributed by atoms with Crippen LogP contribution in [0.5, 0.6) is 5.75 Å². The molecule has 0 N–H and O–H groups in total. The van der Waals surface area contributed by atoms with E-state index in [0.29, 0.717) is 36.8 Å². The van der Waals surface area contributed by atoms with Crippen molar-refractivity contribution >= 4 is 33.5 Å². The van der Waals surface area contributed by atoms with Crippen LogP contribution in [0, 0.1) is 6.92 Å². The maximum Gasteiger partial charge on any atom is 0.410 e. The topological polar surface area (TPSA) is 89.9 Å². The maximum atomic E-state index is 16.2. The van der Waals surface area contributed by atoms with Gasteiger partial charge in [-0.15, -0.1) is 21.5 Å². The third kappa shape index (κ3) is 5.27. The number of nitrogens with zero attached hydrogens (tertiary/aromatic N) is 5. The molecular weight excluding hydrogens is 557 g/mol. The minimum atomic E-state index is -1.31. The van der Waals surface area contributed by atoms with Crippen molar-refractivity contribution in [2.24, 2.45) is 0 Å². The van der Waals surface area contributed by atoms with Gasteiger partial charge in [-0.3, -0.25) is 0 Å². The number of benzene rings is 2. The molecule has 2 atom stereocenters. The average Bonchev–Trinajstić information content (AvgIpc) is 3.57. The monoisotopic (exact) mass is 591 g/mol. The van der Waals surface area contributed by atoms with Crippen LogP contribution in [0.4, 0.5) is 15.0 Å². The number of hydrogen-bond donors (Lipinski definition) is 0. The van der Waals surface area contributed by atoms with Crippen molar-refractivity contribution in [3.63, 3.8) is 0 Å². The summed E-state index contributed by atoms with van der Waals surface area (Å²) in [7, 11) is 1.58. The quantitative estimate of drug-likeness (QED) is 0.244. The molecule has 4 heterocycles. The smallest absolute Gasteiger partial charge is 0.410 e. The van der Waals surface area contributed by atoms with Crippen LogP contribution in [0.15, 0.2) is 48.5 Å². The van der Waals surface area contributed by atoms with E-state index in [4.69, 9.17) is 14.2 Å². The van der Waals surface area contributed by atoms with E-state index in [1.165, 1.54) is 4.90 Å². The van der Waals surface area contributed by atoms with Crippen molar-refractivity contribution in [3.8, 4) is 17.0 Å². The van der Waals surface area contributed by atoms with E-state index in [9.17, 15) is 4.79 Å². The molecule has 2 aromatic carbocycles. The summed E-state index contributed by atoms with van der Waals surface area (Å²) in [5.41, 5.74) is 3.20. The van der Waals surface area contributed by atoms with Crippen molar-refractivity contribution < 1.29 is 23.4 Å². The zero-order chi connectivity index (χ0) is 29.4. The molecule has 0 saturated carbocycles. The van der Waals surface area contributed by atoms with Crippen molar-refractivity contribution in [2.45, 2.75) is 58.0 Å². The Morgan fingerprint density at radius 3 is 2.74 bits per heavy atom. The molecule has 9 nitrogen and oxygen atoms in total. The van der Waals surface area contributed by atoms with Gasteiger partial charge in [-0.1, -0.05) is 30.3 Å². The van der Waals surface area contributed by atoms with E-state index >= 15 is 4.39 Å². The number of thiazole rings is 1. The molecule has 220 valence electrons. The van der Waals surface area contributed by atoms with Crippen molar-refractivity contribution in [1.82, 2.24) is 20.1 Å². The van der Waals surface area contributed by atoms with Gasteiger partial charge in [0.05, 0.1) is 32.5 Å². The van der Waals surface area contributed by atoms with E-state index < -0.39 is 23.8 Å². The number of piperidine rings is 1. The SMILES string of the molecule is COCOc1cc2nc(C)sc2cc1-c1cc2c(nn1)N([C@@H]1CCN(C(=O)OCc3ccccc3)C(C)(C)[C@@H]1F)CC2. The van der Waals surface area contributed by atoms with Gasteiger partial charge in [-0.05, 0) is 51.3 Å². The van der Waals surface area contributed by atoms with Gasteiger partial charge in [0.15, 0.2) is 12.6 Å². The number of amides is 1. The Balaban J connectivity index is 1.21. The van der Waals surface area contributed by atoms with Gasteiger partial charge in [0.25, 0.3) is 0 Å². The number of aromatic nitrogens is 3. The summed E-state index contributed by atoms with van der Waals surface area (Å²) < 4.78 is 33.8. The first kappa shape index (κ1) is 28.3. The van der Waals surface area contributed by atoms with Gasteiger partial charge < -0.3 is 24.0 Å². The summed E-state index contributed by atoms with van der Waals surface area (Å²) in [6.07, 6.45) is -0.630. The molecule has 0 spiro atoms. The number of anilines is 1. The summed E-state index contributed by atoms with van der Waals surface area (Å²) in [5.74, 6) is 1.31. The molecule has 6 rings (SSSR count). The summed E-state index contributed by atoms with van der Waals surface area (Å²) in [5, 5.41) is 10.1. The maximum absolute atomic E-state index is 16.2. The highest BCUT2D eigenvalue weighted by Crippen LogP contribution is 2.40. The van der Waals surface area contributed by atoms with Gasteiger partial charge >= 0.3 is 6.09 Å². The molecule has 1 fully saturated rings. The predicted octanol–water partition coefficient (Wildman–Crippen LogP) is 5.93. The first-order valence-corrected chi connectivity index (χ1v) is 14.9. The molecule has 2 aliphatic heterocycles. The Kier molecular flexibility index (Phi) is 7.71. The molecule has 0 bridgehead atoms. The zero-order valence-electron chi connectivity index (χ0n) is 24.2. The first-order chi connectivity index (χ1) is 20.3. The van der Waals surface area contributed by atoms with Crippen LogP contribution in [0.1, 0.15) is 36.4 Å². The van der Waals surface area contributed by atoms with E-state index in [2.05, 4.69) is 15.2 Å². The van der Waals surface area contributed by atoms with Crippen LogP contribution < -0.4 is 9.64 Å². The van der Waals surface area contributed by atoms with Crippen molar-refractivity contribution in [3.05, 3.63) is 64.7 Å². The van der Waals surface area contributed by atoms with Gasteiger partial charge in [0.1, 0.15) is 18.5 Å². The molecule has 2 aliphatic rings. The number of ether oxygens (including phenoxy) is 3. The highest BCUT2D eigenvalue weighted by Gasteiger charge is 2.50. The van der Waals surface area contributed by atoms with Gasteiger partial charge in [-0.25, -0.2) is 14.2 Å². The average molecular weight is 592 g/mol. The molecule has 0 aliphatic carbocycles. The van der Waals surface area contributed by atoms with E-state index in [1.807, 2.05) is 60.4 Å². The van der Waals surface area contributed by atoms with Crippen LogP contribution in [-0.2, 0) is 22.5 Å². The standard InChI is InChI=1S/C31H34FN5O4S/c1-19-33-24-16-26(41-18-39-4)22(15-27(24)42-19)23-14-21-10-12-36(29(21)35-34-23)25-11-13-37(31(2,3)28(25)32)30(38)40-17-20-8-6-5-7-9-20/h5-9,14-16,25,28H,10-13,17-18H2,1-4H3/t25-,28-/m1/s1. The summed E-state index contributed by atoms with van der Waals surface area (Å²) >= 11 is 1.61. The highest BCUT2D eigenvalue weighted by atomic mass is 32.1. The second kappa shape index (κ2) is 11.4. The van der Waals surface area contributed by atoms with Crippen LogP contribution in [0.25, 0.3) is 21.5 Å². The Bertz CT molecular complexity index is 1600. The summed E-state index contributed by atoms with van der Waals surface area (Å²) in [6.45, 7) is 6.76. The molecular formula is C31H34FN5O4S. The number of carbonyl (C=O) groups is 1. The largest absolute Gasteiger partial charge is 0.467 e. The summed E-state index contributed by atoms with van der Waals surface area (Å²) in [6, 6.07) is 15.0. The van der Waals surface area contributed by atoms with Gasteiger partial charge in [-0.2, -0.15) is 0 Å². The van der Waals surface area contributed by atoms with Gasteiger partial charge in [0.2, 0.25) is 0 Å². The molecule has 1 saturated heterocycles. The number of likely N-dealkylation sites (tertiary alicyclic amines) is 1. The predicted molar refractivity (Wildman–Crippen MR) is 160 cm³/mol. The number of carbonyl (C=O) groups excluding carboxylic acids is 1. The lowest BCUT2D eigenvalue weighted by Gasteiger charge is -2.49. The Morgan fingerprint density at radius 1 is 1.14 bits per heavy atom. The number of halogens is 1. The number of alkyl halides is 1. The number of fused-ring (bicyclic) bond motifs is 2. The van der Waals surface area contributed by atoms with Crippen LogP contribution in [0.3, 0.4) is 0 Å². The van der Waals surface area contributed by atoms with Crippen molar-refractivity contribution in [2.75, 3.05) is 31.9 Å². The molecule has 0 radical (unpaired) electrons. The molecule has 2 aromatic heterocycles. The molecule has 1 amide bonds. The van der Waals surface area contributed by atoms with Crippen LogP contribution in [0.2, 0.25) is 0 Å². The molecule has 0 unspecified atom stereocenters. The fourth-order valence-corrected chi connectivity index (χ4v) is 6.76. The van der Waals surface area contributed by atoms with E-state index in [-0.39, 0.29) is 13.4 Å². The van der Waals surface area contributed by atoms with E-state index in [1.54, 1.807) is 32.3 Å². The molecule has 4 aromatic rings. The number of hydrogen-bond acceptors (Lipinski definition) is 9. The first-order valence-electron chi connectivity index (χ1n) is 14.0. The lowest BCUT2D eigenvalue weighted by molar-refractivity contribution is -0.0148. The molecule has 42 heavy (non-hydrogen) atoms. The third-order valence-corrected chi connectivity index (χ3v) is 9.07. The van der Waals surface area contributed by atoms with E-state index in [0.717, 1.165) is 38.3 Å². The van der Waals surface area contributed by atoms with Crippen molar-refractivity contribution in [1.29, 1.82) is 0 Å². The number of rotatable bonds is 7. The highest BCUT2D eigenvalue weighted by molar-refractivity contribution is 7.18. The lowest BCUT2D eigenvalue weighted by Crippen LogP contribution is -2.65. The van der Waals surface area contributed by atoms with Gasteiger partial charge in [0, 0.05) is 37.4 Å². The second-order valence-electron chi connectivity index (χ2n) is 11.2. The number of methoxy groups -OCH3 is 1. The molecule has 11 heteroatoms. The summed E-state index contributed by atoms with van der Waals surface area (Å²) in [4.78, 5) is 21.1. The Hall–Kier alpha value is -3.83. The minimum Gasteiger partial charge on any atom is -0.467 e. The minimum absolute atomic E-state index is 0.0972. The Labute approximate surface area is 248 Å². The fourth-order valence-electron chi connectivity index (χ4n) is 5.92. The van der Waals surface area contributed by atoms with Crippen LogP contribution in [-0.4, -0.2) is 70.9 Å². The Morgan fingerprint density at radius 2 is 1.95 bits per heavy atom.